The Bertz CT molecular complexity index is 705. The highest BCUT2D eigenvalue weighted by Crippen LogP contribution is 2.35. The normalized spacial score (nSPS) is 11.4. The van der Waals surface area contributed by atoms with Crippen molar-refractivity contribution in [1.82, 2.24) is 0 Å². The minimum Gasteiger partial charge on any atom is -0.205 e. The van der Waals surface area contributed by atoms with Crippen LogP contribution in [0.1, 0.15) is 23.1 Å². The van der Waals surface area contributed by atoms with Crippen LogP contribution >= 0.6 is 0 Å². The molecule has 0 aliphatic heterocycles. The quantitative estimate of drug-likeness (QED) is 0.411. The van der Waals surface area contributed by atoms with E-state index in [2.05, 4.69) is 48.5 Å². The molecule has 0 atom stereocenters. The standard InChI is InChI=1S/C13H10.C7H6F2/c1-3-7-12-10(5-1)9-11-6-2-4-8-13(11)12;8-7(9)6-4-2-1-3-5-6/h1-8H,9H2;1-5,7H. The summed E-state index contributed by atoms with van der Waals surface area (Å²) in [4.78, 5) is 0. The van der Waals surface area contributed by atoms with Crippen molar-refractivity contribution in [2.24, 2.45) is 0 Å². The van der Waals surface area contributed by atoms with Gasteiger partial charge in [0.05, 0.1) is 0 Å². The van der Waals surface area contributed by atoms with Crippen molar-refractivity contribution in [2.45, 2.75) is 12.8 Å². The second-order valence-corrected chi connectivity index (χ2v) is 5.20. The molecular formula is C20H16F2. The van der Waals surface area contributed by atoms with Crippen LogP contribution in [0.15, 0.2) is 78.9 Å². The van der Waals surface area contributed by atoms with Gasteiger partial charge >= 0.3 is 0 Å². The van der Waals surface area contributed by atoms with Crippen LogP contribution in [-0.2, 0) is 6.42 Å². The van der Waals surface area contributed by atoms with Crippen molar-refractivity contribution in [3.05, 3.63) is 95.6 Å². The van der Waals surface area contributed by atoms with Crippen LogP contribution in [0.3, 0.4) is 0 Å². The molecule has 1 aliphatic carbocycles. The molecule has 3 aromatic carbocycles. The molecule has 0 bridgehead atoms. The van der Waals surface area contributed by atoms with Gasteiger partial charge in [0.1, 0.15) is 0 Å². The van der Waals surface area contributed by atoms with Crippen LogP contribution in [0.2, 0.25) is 0 Å². The first-order valence-corrected chi connectivity index (χ1v) is 7.25. The van der Waals surface area contributed by atoms with Gasteiger partial charge in [0.15, 0.2) is 0 Å². The zero-order valence-electron chi connectivity index (χ0n) is 12.0. The van der Waals surface area contributed by atoms with Gasteiger partial charge in [-0.3, -0.25) is 0 Å². The Morgan fingerprint density at radius 3 is 1.50 bits per heavy atom. The zero-order valence-corrected chi connectivity index (χ0v) is 12.0. The highest BCUT2D eigenvalue weighted by atomic mass is 19.3. The summed E-state index contributed by atoms with van der Waals surface area (Å²) in [5.41, 5.74) is 5.83. The number of hydrogen-bond acceptors (Lipinski definition) is 0. The third-order valence-electron chi connectivity index (χ3n) is 3.76. The van der Waals surface area contributed by atoms with Crippen LogP contribution in [0, 0.1) is 0 Å². The van der Waals surface area contributed by atoms with Gasteiger partial charge in [0.25, 0.3) is 6.43 Å². The van der Waals surface area contributed by atoms with Crippen LogP contribution in [0.4, 0.5) is 8.78 Å². The summed E-state index contributed by atoms with van der Waals surface area (Å²) < 4.78 is 23.5. The average molecular weight is 294 g/mol. The van der Waals surface area contributed by atoms with Gasteiger partial charge < -0.3 is 0 Å². The van der Waals surface area contributed by atoms with E-state index in [0.717, 1.165) is 6.42 Å². The maximum atomic E-state index is 11.8. The van der Waals surface area contributed by atoms with E-state index < -0.39 is 6.43 Å². The van der Waals surface area contributed by atoms with Crippen molar-refractivity contribution in [3.8, 4) is 11.1 Å². The zero-order chi connectivity index (χ0) is 15.4. The smallest absolute Gasteiger partial charge is 0.205 e. The Balaban J connectivity index is 0.000000142. The van der Waals surface area contributed by atoms with E-state index >= 15 is 0 Å². The predicted molar refractivity (Wildman–Crippen MR) is 86.1 cm³/mol. The molecule has 110 valence electrons. The highest BCUT2D eigenvalue weighted by molar-refractivity contribution is 5.76. The fraction of sp³-hybridized carbons (Fsp3) is 0.100. The molecule has 0 fully saturated rings. The molecule has 0 N–H and O–H groups in total. The number of fused-ring (bicyclic) bond motifs is 3. The maximum absolute atomic E-state index is 11.8. The summed E-state index contributed by atoms with van der Waals surface area (Å²) in [5, 5.41) is 0. The summed E-state index contributed by atoms with van der Waals surface area (Å²) in [6.45, 7) is 0. The number of benzene rings is 3. The lowest BCUT2D eigenvalue weighted by atomic mass is 10.1. The third-order valence-corrected chi connectivity index (χ3v) is 3.76. The summed E-state index contributed by atoms with van der Waals surface area (Å²) >= 11 is 0. The van der Waals surface area contributed by atoms with E-state index in [1.54, 1.807) is 18.2 Å². The maximum Gasteiger partial charge on any atom is 0.263 e. The molecule has 0 radical (unpaired) electrons. The summed E-state index contributed by atoms with van der Waals surface area (Å²) in [6, 6.07) is 25.0. The first kappa shape index (κ1) is 14.5. The topological polar surface area (TPSA) is 0 Å². The molecule has 1 aliphatic rings. The Labute approximate surface area is 129 Å². The molecule has 0 nitrogen and oxygen atoms in total. The molecule has 22 heavy (non-hydrogen) atoms. The minimum atomic E-state index is -2.34. The van der Waals surface area contributed by atoms with E-state index in [0.29, 0.717) is 0 Å². The minimum absolute atomic E-state index is 0.0810. The first-order valence-electron chi connectivity index (χ1n) is 7.25. The Kier molecular flexibility index (Phi) is 4.29. The SMILES string of the molecule is FC(F)c1ccccc1.c1ccc2c(c1)Cc1ccccc1-2. The van der Waals surface area contributed by atoms with Crippen molar-refractivity contribution < 1.29 is 8.78 Å². The average Bonchev–Trinajstić information content (AvgIpc) is 2.95. The van der Waals surface area contributed by atoms with E-state index in [9.17, 15) is 8.78 Å². The lowest BCUT2D eigenvalue weighted by molar-refractivity contribution is 0.151. The molecule has 0 heterocycles. The number of alkyl halides is 2. The second-order valence-electron chi connectivity index (χ2n) is 5.20. The molecule has 3 aromatic rings. The van der Waals surface area contributed by atoms with Gasteiger partial charge in [0.2, 0.25) is 0 Å². The molecule has 4 rings (SSSR count). The Hall–Kier alpha value is -2.48. The number of halogens is 2. The largest absolute Gasteiger partial charge is 0.263 e. The highest BCUT2D eigenvalue weighted by Gasteiger charge is 2.15. The molecule has 0 saturated heterocycles. The Morgan fingerprint density at radius 2 is 1.05 bits per heavy atom. The van der Waals surface area contributed by atoms with Gasteiger partial charge in [0, 0.05) is 5.56 Å². The fourth-order valence-corrected chi connectivity index (χ4v) is 2.68. The van der Waals surface area contributed by atoms with Gasteiger partial charge in [-0.1, -0.05) is 78.9 Å². The Morgan fingerprint density at radius 1 is 0.591 bits per heavy atom. The van der Waals surface area contributed by atoms with Crippen LogP contribution < -0.4 is 0 Å². The first-order chi connectivity index (χ1) is 10.8. The molecule has 2 heteroatoms. The van der Waals surface area contributed by atoms with Crippen molar-refractivity contribution in [3.63, 3.8) is 0 Å². The molecule has 0 unspecified atom stereocenters. The molecule has 0 spiro atoms. The van der Waals surface area contributed by atoms with Gasteiger partial charge in [-0.15, -0.1) is 0 Å². The van der Waals surface area contributed by atoms with Gasteiger partial charge in [-0.2, -0.15) is 0 Å². The molecule has 0 saturated carbocycles. The van der Waals surface area contributed by atoms with E-state index in [4.69, 9.17) is 0 Å². The van der Waals surface area contributed by atoms with Crippen LogP contribution in [-0.4, -0.2) is 0 Å². The van der Waals surface area contributed by atoms with E-state index in [-0.39, 0.29) is 5.56 Å². The third kappa shape index (κ3) is 3.06. The van der Waals surface area contributed by atoms with E-state index in [1.807, 2.05) is 0 Å². The van der Waals surface area contributed by atoms with Gasteiger partial charge in [-0.05, 0) is 28.7 Å². The van der Waals surface area contributed by atoms with Crippen molar-refractivity contribution >= 4 is 0 Å². The monoisotopic (exact) mass is 294 g/mol. The van der Waals surface area contributed by atoms with Crippen LogP contribution in [0.25, 0.3) is 11.1 Å². The molecule has 0 amide bonds. The lowest BCUT2D eigenvalue weighted by Gasteiger charge is -1.98. The summed E-state index contributed by atoms with van der Waals surface area (Å²) in [7, 11) is 0. The fourth-order valence-electron chi connectivity index (χ4n) is 2.68. The predicted octanol–water partition coefficient (Wildman–Crippen LogP) is 5.88. The van der Waals surface area contributed by atoms with Gasteiger partial charge in [-0.25, -0.2) is 8.78 Å². The van der Waals surface area contributed by atoms with E-state index in [1.165, 1.54) is 34.4 Å². The number of hydrogen-bond donors (Lipinski definition) is 0. The van der Waals surface area contributed by atoms with Crippen LogP contribution in [0.5, 0.6) is 0 Å². The molecule has 0 aromatic heterocycles. The summed E-state index contributed by atoms with van der Waals surface area (Å²) in [5.74, 6) is 0. The van der Waals surface area contributed by atoms with Crippen molar-refractivity contribution in [1.29, 1.82) is 0 Å². The number of rotatable bonds is 1. The second kappa shape index (κ2) is 6.52. The molecular weight excluding hydrogens is 278 g/mol. The van der Waals surface area contributed by atoms with Crippen molar-refractivity contribution in [2.75, 3.05) is 0 Å². The lowest BCUT2D eigenvalue weighted by Crippen LogP contribution is -1.79. The summed E-state index contributed by atoms with van der Waals surface area (Å²) in [6.07, 6.45) is -1.24.